The van der Waals surface area contributed by atoms with Gasteiger partial charge in [-0.05, 0) is 17.7 Å². The van der Waals surface area contributed by atoms with E-state index in [1.54, 1.807) is 10.6 Å². The van der Waals surface area contributed by atoms with Crippen molar-refractivity contribution < 1.29 is 4.79 Å². The van der Waals surface area contributed by atoms with Gasteiger partial charge in [0.25, 0.3) is 5.56 Å². The maximum atomic E-state index is 13.1. The minimum absolute atomic E-state index is 0.0582. The van der Waals surface area contributed by atoms with Crippen molar-refractivity contribution in [1.82, 2.24) is 24.3 Å². The Kier molecular flexibility index (Phi) is 5.97. The summed E-state index contributed by atoms with van der Waals surface area (Å²) in [7, 11) is 0. The average Bonchev–Trinajstić information content (AvgIpc) is 2.73. The number of thioether (sulfide) groups is 1. The Morgan fingerprint density at radius 3 is 2.53 bits per heavy atom. The number of rotatable bonds is 3. The standard InChI is InChI=1S/C22H29N5O2S/c1-22(2,3)18-12-19(28)27-14-17(15-30-21(27)24-18)20(29)26-10-8-25(9-11-26)13-16-4-6-23-7-5-16/h4-7,12,17H,8-11,13-15H2,1-3H3/t17-/m1/s1. The van der Waals surface area contributed by atoms with Crippen LogP contribution in [0.1, 0.15) is 32.0 Å². The molecule has 1 atom stereocenters. The van der Waals surface area contributed by atoms with Gasteiger partial charge in [-0.1, -0.05) is 32.5 Å². The highest BCUT2D eigenvalue weighted by atomic mass is 32.2. The molecule has 7 nitrogen and oxygen atoms in total. The van der Waals surface area contributed by atoms with Gasteiger partial charge in [-0.2, -0.15) is 0 Å². The van der Waals surface area contributed by atoms with Crippen LogP contribution in [0.25, 0.3) is 0 Å². The molecule has 4 heterocycles. The van der Waals surface area contributed by atoms with Crippen LogP contribution in [0.4, 0.5) is 0 Å². The van der Waals surface area contributed by atoms with Crippen molar-refractivity contribution in [2.75, 3.05) is 31.9 Å². The minimum atomic E-state index is -0.172. The lowest BCUT2D eigenvalue weighted by atomic mass is 9.92. The molecule has 2 aliphatic rings. The third kappa shape index (κ3) is 4.59. The number of amides is 1. The van der Waals surface area contributed by atoms with Crippen molar-refractivity contribution >= 4 is 17.7 Å². The normalized spacial score (nSPS) is 20.1. The molecule has 1 fully saturated rings. The monoisotopic (exact) mass is 427 g/mol. The zero-order chi connectivity index (χ0) is 21.3. The first-order valence-electron chi connectivity index (χ1n) is 10.5. The van der Waals surface area contributed by atoms with Crippen LogP contribution in [-0.4, -0.2) is 62.2 Å². The van der Waals surface area contributed by atoms with Crippen LogP contribution in [0.15, 0.2) is 40.5 Å². The van der Waals surface area contributed by atoms with Crippen LogP contribution < -0.4 is 5.56 Å². The van der Waals surface area contributed by atoms with Crippen LogP contribution in [0, 0.1) is 5.92 Å². The van der Waals surface area contributed by atoms with Crippen molar-refractivity contribution in [2.45, 2.75) is 44.4 Å². The Hall–Kier alpha value is -2.19. The van der Waals surface area contributed by atoms with E-state index in [2.05, 4.69) is 30.7 Å². The molecule has 2 aromatic heterocycles. The number of carbonyl (C=O) groups excluding carboxylic acids is 1. The fourth-order valence-corrected chi connectivity index (χ4v) is 4.96. The molecule has 0 N–H and O–H groups in total. The third-order valence-corrected chi connectivity index (χ3v) is 6.89. The number of nitrogens with zero attached hydrogens (tertiary/aromatic N) is 5. The summed E-state index contributed by atoms with van der Waals surface area (Å²) >= 11 is 1.52. The quantitative estimate of drug-likeness (QED) is 0.698. The highest BCUT2D eigenvalue weighted by Gasteiger charge is 2.32. The van der Waals surface area contributed by atoms with Crippen LogP contribution in [0.2, 0.25) is 0 Å². The van der Waals surface area contributed by atoms with E-state index in [-0.39, 0.29) is 22.8 Å². The maximum absolute atomic E-state index is 13.1. The van der Waals surface area contributed by atoms with Crippen LogP contribution in [0.5, 0.6) is 0 Å². The topological polar surface area (TPSA) is 71.3 Å². The van der Waals surface area contributed by atoms with E-state index in [0.717, 1.165) is 43.6 Å². The summed E-state index contributed by atoms with van der Waals surface area (Å²) in [5.41, 5.74) is 1.82. The highest BCUT2D eigenvalue weighted by Crippen LogP contribution is 2.29. The molecule has 1 saturated heterocycles. The molecule has 0 bridgehead atoms. The molecule has 0 radical (unpaired) electrons. The summed E-state index contributed by atoms with van der Waals surface area (Å²) in [6, 6.07) is 5.69. The van der Waals surface area contributed by atoms with E-state index in [1.807, 2.05) is 29.4 Å². The van der Waals surface area contributed by atoms with Crippen molar-refractivity contribution in [3.05, 3.63) is 52.2 Å². The molecule has 4 rings (SSSR count). The summed E-state index contributed by atoms with van der Waals surface area (Å²) < 4.78 is 1.67. The summed E-state index contributed by atoms with van der Waals surface area (Å²) in [6.07, 6.45) is 3.63. The number of hydrogen-bond acceptors (Lipinski definition) is 6. The number of aromatic nitrogens is 3. The molecule has 160 valence electrons. The van der Waals surface area contributed by atoms with E-state index < -0.39 is 0 Å². The number of hydrogen-bond donors (Lipinski definition) is 0. The number of carbonyl (C=O) groups is 1. The molecule has 0 unspecified atom stereocenters. The van der Waals surface area contributed by atoms with E-state index in [9.17, 15) is 9.59 Å². The minimum Gasteiger partial charge on any atom is -0.340 e. The molecule has 2 aromatic rings. The SMILES string of the molecule is CC(C)(C)c1cc(=O)n2c(n1)SC[C@H](C(=O)N1CCN(Cc3ccncc3)CC1)C2. The van der Waals surface area contributed by atoms with Crippen molar-refractivity contribution in [1.29, 1.82) is 0 Å². The fraction of sp³-hybridized carbons (Fsp3) is 0.545. The van der Waals surface area contributed by atoms with Crippen LogP contribution in [0.3, 0.4) is 0 Å². The van der Waals surface area contributed by atoms with Gasteiger partial charge in [-0.15, -0.1) is 0 Å². The predicted octanol–water partition coefficient (Wildman–Crippen LogP) is 2.00. The zero-order valence-corrected chi connectivity index (χ0v) is 18.7. The molecule has 30 heavy (non-hydrogen) atoms. The van der Waals surface area contributed by atoms with Crippen molar-refractivity contribution in [2.24, 2.45) is 5.92 Å². The van der Waals surface area contributed by atoms with Gasteiger partial charge in [0.05, 0.1) is 11.6 Å². The van der Waals surface area contributed by atoms with E-state index in [4.69, 9.17) is 4.98 Å². The molecule has 0 spiro atoms. The average molecular weight is 428 g/mol. The van der Waals surface area contributed by atoms with E-state index in [0.29, 0.717) is 12.3 Å². The summed E-state index contributed by atoms with van der Waals surface area (Å²) in [6.45, 7) is 10.7. The zero-order valence-electron chi connectivity index (χ0n) is 17.9. The molecule has 0 saturated carbocycles. The lowest BCUT2D eigenvalue weighted by molar-refractivity contribution is -0.137. The Balaban J connectivity index is 1.37. The van der Waals surface area contributed by atoms with Gasteiger partial charge in [0.15, 0.2) is 5.16 Å². The number of fused-ring (bicyclic) bond motifs is 1. The van der Waals surface area contributed by atoms with Gasteiger partial charge >= 0.3 is 0 Å². The highest BCUT2D eigenvalue weighted by molar-refractivity contribution is 7.99. The first-order valence-corrected chi connectivity index (χ1v) is 11.4. The molecule has 0 aromatic carbocycles. The lowest BCUT2D eigenvalue weighted by Crippen LogP contribution is -2.51. The second-order valence-electron chi connectivity index (χ2n) is 9.09. The first-order chi connectivity index (χ1) is 14.3. The first kappa shape index (κ1) is 21.1. The predicted molar refractivity (Wildman–Crippen MR) is 118 cm³/mol. The Morgan fingerprint density at radius 1 is 1.17 bits per heavy atom. The van der Waals surface area contributed by atoms with Crippen LogP contribution >= 0.6 is 11.8 Å². The smallest absolute Gasteiger partial charge is 0.254 e. The molecular weight excluding hydrogens is 398 g/mol. The summed E-state index contributed by atoms with van der Waals surface area (Å²) in [5, 5.41) is 0.735. The van der Waals surface area contributed by atoms with Gasteiger partial charge in [0.2, 0.25) is 5.91 Å². The Bertz CT molecular complexity index is 962. The summed E-state index contributed by atoms with van der Waals surface area (Å²) in [4.78, 5) is 38.9. The molecule has 0 aliphatic carbocycles. The number of pyridine rings is 1. The van der Waals surface area contributed by atoms with Gasteiger partial charge in [-0.25, -0.2) is 4.98 Å². The second kappa shape index (κ2) is 8.51. The Labute approximate surface area is 181 Å². The van der Waals surface area contributed by atoms with Crippen molar-refractivity contribution in [3.63, 3.8) is 0 Å². The fourth-order valence-electron chi connectivity index (χ4n) is 3.88. The van der Waals surface area contributed by atoms with Gasteiger partial charge < -0.3 is 4.90 Å². The molecule has 1 amide bonds. The summed E-state index contributed by atoms with van der Waals surface area (Å²) in [5.74, 6) is 0.661. The van der Waals surface area contributed by atoms with Gasteiger partial charge in [0.1, 0.15) is 0 Å². The maximum Gasteiger partial charge on any atom is 0.254 e. The van der Waals surface area contributed by atoms with E-state index >= 15 is 0 Å². The molecular formula is C22H29N5O2S. The largest absolute Gasteiger partial charge is 0.340 e. The van der Waals surface area contributed by atoms with E-state index in [1.165, 1.54) is 17.3 Å². The molecule has 2 aliphatic heterocycles. The van der Waals surface area contributed by atoms with Gasteiger partial charge in [-0.3, -0.25) is 24.0 Å². The molecule has 8 heteroatoms. The number of piperazine rings is 1. The van der Waals surface area contributed by atoms with Crippen LogP contribution in [-0.2, 0) is 23.3 Å². The van der Waals surface area contributed by atoms with Gasteiger partial charge in [0, 0.05) is 68.9 Å². The second-order valence-corrected chi connectivity index (χ2v) is 10.1. The lowest BCUT2D eigenvalue weighted by Gasteiger charge is -2.37. The Morgan fingerprint density at radius 2 is 1.87 bits per heavy atom. The van der Waals surface area contributed by atoms with Crippen molar-refractivity contribution in [3.8, 4) is 0 Å². The third-order valence-electron chi connectivity index (χ3n) is 5.75.